The molecule has 1 saturated carbocycles. The van der Waals surface area contributed by atoms with Crippen molar-refractivity contribution in [2.45, 2.75) is 46.1 Å². The summed E-state index contributed by atoms with van der Waals surface area (Å²) in [5, 5.41) is 0. The van der Waals surface area contributed by atoms with Gasteiger partial charge in [0.15, 0.2) is 4.80 Å². The molecule has 1 fully saturated rings. The van der Waals surface area contributed by atoms with Gasteiger partial charge >= 0.3 is 0 Å². The summed E-state index contributed by atoms with van der Waals surface area (Å²) in [6.07, 6.45) is 6.16. The Hall–Kier alpha value is -1.68. The van der Waals surface area contributed by atoms with Crippen LogP contribution in [-0.4, -0.2) is 10.5 Å². The quantitative estimate of drug-likeness (QED) is 0.785. The first-order chi connectivity index (χ1) is 10.6. The topological polar surface area (TPSA) is 34.4 Å². The highest BCUT2D eigenvalue weighted by molar-refractivity contribution is 7.16. The normalized spacial score (nSPS) is 16.5. The predicted octanol–water partition coefficient (Wildman–Crippen LogP) is 4.12. The Morgan fingerprint density at radius 2 is 2.05 bits per heavy atom. The SMILES string of the molecule is C=CCn1c(=NC(=O)C2CCCC2)sc2cc(C)c(C)cc21. The zero-order chi connectivity index (χ0) is 15.7. The molecule has 2 aromatic rings. The van der Waals surface area contributed by atoms with Crippen LogP contribution < -0.4 is 4.80 Å². The van der Waals surface area contributed by atoms with Crippen molar-refractivity contribution in [2.24, 2.45) is 10.9 Å². The number of amides is 1. The van der Waals surface area contributed by atoms with Gasteiger partial charge in [0.05, 0.1) is 10.2 Å². The second kappa shape index (κ2) is 6.21. The van der Waals surface area contributed by atoms with Crippen LogP contribution in [0.3, 0.4) is 0 Å². The zero-order valence-corrected chi connectivity index (χ0v) is 14.1. The summed E-state index contributed by atoms with van der Waals surface area (Å²) in [7, 11) is 0. The van der Waals surface area contributed by atoms with Crippen molar-refractivity contribution >= 4 is 27.5 Å². The standard InChI is InChI=1S/C18H22N2OS/c1-4-9-20-15-10-12(2)13(3)11-16(15)22-18(20)19-17(21)14-7-5-6-8-14/h4,10-11,14H,1,5-9H2,2-3H3. The van der Waals surface area contributed by atoms with Crippen molar-refractivity contribution in [3.8, 4) is 0 Å². The first-order valence-electron chi connectivity index (χ1n) is 7.90. The van der Waals surface area contributed by atoms with Gasteiger partial charge in [0, 0.05) is 12.5 Å². The number of fused-ring (bicyclic) bond motifs is 1. The second-order valence-electron chi connectivity index (χ2n) is 6.12. The molecule has 1 amide bonds. The van der Waals surface area contributed by atoms with Crippen LogP contribution >= 0.6 is 11.3 Å². The lowest BCUT2D eigenvalue weighted by atomic mass is 10.1. The second-order valence-corrected chi connectivity index (χ2v) is 7.13. The summed E-state index contributed by atoms with van der Waals surface area (Å²) in [4.78, 5) is 17.6. The molecule has 3 rings (SSSR count). The van der Waals surface area contributed by atoms with Gasteiger partial charge in [0.1, 0.15) is 0 Å². The predicted molar refractivity (Wildman–Crippen MR) is 92.0 cm³/mol. The maximum absolute atomic E-state index is 12.4. The van der Waals surface area contributed by atoms with E-state index >= 15 is 0 Å². The fraction of sp³-hybridized carbons (Fsp3) is 0.444. The summed E-state index contributed by atoms with van der Waals surface area (Å²) in [5.41, 5.74) is 3.68. The molecule has 3 nitrogen and oxygen atoms in total. The Kier molecular flexibility index (Phi) is 4.30. The van der Waals surface area contributed by atoms with Crippen LogP contribution in [0.15, 0.2) is 29.8 Å². The Morgan fingerprint density at radius 1 is 1.36 bits per heavy atom. The van der Waals surface area contributed by atoms with Crippen molar-refractivity contribution in [2.75, 3.05) is 0 Å². The van der Waals surface area contributed by atoms with Crippen molar-refractivity contribution in [1.82, 2.24) is 4.57 Å². The van der Waals surface area contributed by atoms with Crippen molar-refractivity contribution in [3.63, 3.8) is 0 Å². The van der Waals surface area contributed by atoms with Gasteiger partial charge in [-0.1, -0.05) is 30.3 Å². The largest absolute Gasteiger partial charge is 0.312 e. The molecule has 0 atom stereocenters. The molecule has 4 heteroatoms. The van der Waals surface area contributed by atoms with E-state index in [0.717, 1.165) is 36.0 Å². The number of hydrogen-bond donors (Lipinski definition) is 0. The van der Waals surface area contributed by atoms with Crippen LogP contribution in [0.4, 0.5) is 0 Å². The molecule has 1 aromatic carbocycles. The number of allylic oxidation sites excluding steroid dienone is 1. The number of carbonyl (C=O) groups excluding carboxylic acids is 1. The molecule has 1 aliphatic carbocycles. The van der Waals surface area contributed by atoms with Gasteiger partial charge in [0.2, 0.25) is 0 Å². The van der Waals surface area contributed by atoms with Gasteiger partial charge in [0.25, 0.3) is 5.91 Å². The minimum Gasteiger partial charge on any atom is -0.312 e. The monoisotopic (exact) mass is 314 g/mol. The molecular formula is C18H22N2OS. The Labute approximate surface area is 135 Å². The zero-order valence-electron chi connectivity index (χ0n) is 13.3. The number of carbonyl (C=O) groups is 1. The van der Waals surface area contributed by atoms with Crippen LogP contribution in [0.2, 0.25) is 0 Å². The van der Waals surface area contributed by atoms with Crippen molar-refractivity contribution in [1.29, 1.82) is 0 Å². The number of aromatic nitrogens is 1. The number of thiazole rings is 1. The highest BCUT2D eigenvalue weighted by Gasteiger charge is 2.22. The first-order valence-corrected chi connectivity index (χ1v) is 8.72. The number of aryl methyl sites for hydroxylation is 2. The van der Waals surface area contributed by atoms with Crippen molar-refractivity contribution < 1.29 is 4.79 Å². The molecule has 0 unspecified atom stereocenters. The number of nitrogens with zero attached hydrogens (tertiary/aromatic N) is 2. The lowest BCUT2D eigenvalue weighted by Crippen LogP contribution is -2.19. The molecular weight excluding hydrogens is 292 g/mol. The van der Waals surface area contributed by atoms with Gasteiger partial charge in [-0.3, -0.25) is 4.79 Å². The lowest BCUT2D eigenvalue weighted by molar-refractivity contribution is -0.121. The van der Waals surface area contributed by atoms with Crippen LogP contribution in [-0.2, 0) is 11.3 Å². The van der Waals surface area contributed by atoms with Crippen LogP contribution in [0, 0.1) is 19.8 Å². The minimum absolute atomic E-state index is 0.0512. The lowest BCUT2D eigenvalue weighted by Gasteiger charge is -2.05. The molecule has 0 bridgehead atoms. The maximum Gasteiger partial charge on any atom is 0.251 e. The highest BCUT2D eigenvalue weighted by atomic mass is 32.1. The molecule has 116 valence electrons. The van der Waals surface area contributed by atoms with E-state index in [4.69, 9.17) is 0 Å². The van der Waals surface area contributed by atoms with Gasteiger partial charge in [-0.25, -0.2) is 0 Å². The number of benzene rings is 1. The molecule has 22 heavy (non-hydrogen) atoms. The summed E-state index contributed by atoms with van der Waals surface area (Å²) in [6, 6.07) is 4.37. The first kappa shape index (κ1) is 15.2. The Balaban J connectivity index is 2.13. The van der Waals surface area contributed by atoms with E-state index in [1.165, 1.54) is 15.8 Å². The maximum atomic E-state index is 12.4. The summed E-state index contributed by atoms with van der Waals surface area (Å²) >= 11 is 1.60. The van der Waals surface area contributed by atoms with Crippen molar-refractivity contribution in [3.05, 3.63) is 40.7 Å². The third-order valence-corrected chi connectivity index (χ3v) is 5.56. The molecule has 0 aliphatic heterocycles. The van der Waals surface area contributed by atoms with Gasteiger partial charge in [-0.2, -0.15) is 4.99 Å². The average molecular weight is 314 g/mol. The van der Waals surface area contributed by atoms with E-state index in [2.05, 4.69) is 42.1 Å². The van der Waals surface area contributed by atoms with Gasteiger partial charge in [-0.05, 0) is 49.9 Å². The van der Waals surface area contributed by atoms with Crippen LogP contribution in [0.5, 0.6) is 0 Å². The van der Waals surface area contributed by atoms with Gasteiger partial charge < -0.3 is 4.57 Å². The minimum atomic E-state index is 0.0512. The molecule has 1 aromatic heterocycles. The molecule has 0 radical (unpaired) electrons. The summed E-state index contributed by atoms with van der Waals surface area (Å²) in [6.45, 7) is 8.75. The smallest absolute Gasteiger partial charge is 0.251 e. The fourth-order valence-electron chi connectivity index (χ4n) is 3.07. The number of hydrogen-bond acceptors (Lipinski definition) is 2. The van der Waals surface area contributed by atoms with E-state index in [0.29, 0.717) is 6.54 Å². The molecule has 1 aliphatic rings. The Bertz CT molecular complexity index is 791. The Morgan fingerprint density at radius 3 is 2.73 bits per heavy atom. The summed E-state index contributed by atoms with van der Waals surface area (Å²) in [5.74, 6) is 0.182. The number of rotatable bonds is 3. The molecule has 0 saturated heterocycles. The van der Waals surface area contributed by atoms with E-state index in [1.807, 2.05) is 6.08 Å². The van der Waals surface area contributed by atoms with E-state index in [9.17, 15) is 4.79 Å². The third kappa shape index (κ3) is 2.80. The molecule has 0 spiro atoms. The van der Waals surface area contributed by atoms with E-state index in [1.54, 1.807) is 11.3 Å². The molecule has 0 N–H and O–H groups in total. The average Bonchev–Trinajstić information content (AvgIpc) is 3.11. The molecule has 1 heterocycles. The van der Waals surface area contributed by atoms with E-state index < -0.39 is 0 Å². The van der Waals surface area contributed by atoms with Gasteiger partial charge in [-0.15, -0.1) is 6.58 Å². The summed E-state index contributed by atoms with van der Waals surface area (Å²) < 4.78 is 3.29. The third-order valence-electron chi connectivity index (χ3n) is 4.52. The van der Waals surface area contributed by atoms with Crippen LogP contribution in [0.25, 0.3) is 10.2 Å². The van der Waals surface area contributed by atoms with Crippen LogP contribution in [0.1, 0.15) is 36.8 Å². The fourth-order valence-corrected chi connectivity index (χ4v) is 4.20. The van der Waals surface area contributed by atoms with E-state index in [-0.39, 0.29) is 11.8 Å². The highest BCUT2D eigenvalue weighted by Crippen LogP contribution is 2.26.